The quantitative estimate of drug-likeness (QED) is 0.682. The number of amides is 1. The molecule has 1 saturated heterocycles. The fraction of sp³-hybridized carbons (Fsp3) is 0.333. The zero-order valence-corrected chi connectivity index (χ0v) is 18.2. The number of carbonyl (C=O) groups is 2. The van der Waals surface area contributed by atoms with Crippen molar-refractivity contribution in [3.05, 3.63) is 65.2 Å². The van der Waals surface area contributed by atoms with E-state index in [0.29, 0.717) is 18.5 Å². The Hall–Kier alpha value is -2.00. The molecule has 166 valence electrons. The molecule has 2 aromatic rings. The highest BCUT2D eigenvalue weighted by Crippen LogP contribution is 2.24. The van der Waals surface area contributed by atoms with Crippen molar-refractivity contribution in [2.45, 2.75) is 13.0 Å². The van der Waals surface area contributed by atoms with Crippen molar-refractivity contribution in [1.29, 1.82) is 0 Å². The van der Waals surface area contributed by atoms with Crippen molar-refractivity contribution in [3.8, 4) is 0 Å². The number of nitrogens with zero attached hydrogens (tertiary/aromatic N) is 2. The summed E-state index contributed by atoms with van der Waals surface area (Å²) in [6.45, 7) is 5.18. The largest absolute Gasteiger partial charge is 0.412 e. The van der Waals surface area contributed by atoms with Crippen LogP contribution in [0, 0.1) is 0 Å². The van der Waals surface area contributed by atoms with Gasteiger partial charge in [0, 0.05) is 44.0 Å². The lowest BCUT2D eigenvalue weighted by Crippen LogP contribution is -2.47. The Bertz CT molecular complexity index is 828. The van der Waals surface area contributed by atoms with E-state index in [9.17, 15) is 9.59 Å². The summed E-state index contributed by atoms with van der Waals surface area (Å²) in [5.41, 5.74) is 3.79. The van der Waals surface area contributed by atoms with Crippen LogP contribution in [0.5, 0.6) is 0 Å². The zero-order chi connectivity index (χ0) is 17.9. The molecule has 2 aliphatic rings. The van der Waals surface area contributed by atoms with E-state index in [1.807, 2.05) is 24.3 Å². The van der Waals surface area contributed by atoms with Gasteiger partial charge in [-0.3, -0.25) is 19.4 Å². The van der Waals surface area contributed by atoms with Crippen LogP contribution in [0.4, 0.5) is 5.69 Å². The lowest BCUT2D eigenvalue weighted by Gasteiger charge is -2.34. The van der Waals surface area contributed by atoms with Crippen LogP contribution in [0.25, 0.3) is 0 Å². The van der Waals surface area contributed by atoms with Gasteiger partial charge in [-0.05, 0) is 29.3 Å². The van der Waals surface area contributed by atoms with Crippen LogP contribution in [0.2, 0.25) is 0 Å². The molecule has 0 unspecified atom stereocenters. The van der Waals surface area contributed by atoms with Gasteiger partial charge in [-0.25, -0.2) is 0 Å². The van der Waals surface area contributed by atoms with Crippen LogP contribution in [0.15, 0.2) is 48.5 Å². The van der Waals surface area contributed by atoms with Gasteiger partial charge in [0.05, 0.1) is 13.0 Å². The first-order valence-corrected chi connectivity index (χ1v) is 9.12. The first kappa shape index (κ1) is 28.0. The number of hydrogen-bond donors (Lipinski definition) is 1. The van der Waals surface area contributed by atoms with Crippen LogP contribution in [0.1, 0.15) is 21.5 Å². The molecule has 5 N–H and O–H groups in total. The second kappa shape index (κ2) is 12.6. The Morgan fingerprint density at radius 1 is 0.900 bits per heavy atom. The van der Waals surface area contributed by atoms with Gasteiger partial charge in [-0.2, -0.15) is 0 Å². The Balaban J connectivity index is 0.00000210. The molecule has 2 heterocycles. The third-order valence-corrected chi connectivity index (χ3v) is 5.13. The maximum atomic E-state index is 12.6. The van der Waals surface area contributed by atoms with E-state index in [1.54, 1.807) is 0 Å². The number of anilines is 1. The SMILES string of the molecule is Cl.Cl.O.O.O=C1Cc2cc(C(=O)CN3CCN(Cc4ccccc4)CC3)ccc2N1. The van der Waals surface area contributed by atoms with Crippen LogP contribution in [-0.4, -0.2) is 65.2 Å². The average Bonchev–Trinajstić information content (AvgIpc) is 3.03. The molecule has 0 aliphatic carbocycles. The molecule has 4 rings (SSSR count). The van der Waals surface area contributed by atoms with E-state index in [4.69, 9.17) is 0 Å². The van der Waals surface area contributed by atoms with Gasteiger partial charge in [0.25, 0.3) is 0 Å². The molecule has 0 bridgehead atoms. The van der Waals surface area contributed by atoms with Gasteiger partial charge in [-0.1, -0.05) is 30.3 Å². The van der Waals surface area contributed by atoms with E-state index < -0.39 is 0 Å². The summed E-state index contributed by atoms with van der Waals surface area (Å²) in [5.74, 6) is 0.128. The number of rotatable bonds is 5. The predicted molar refractivity (Wildman–Crippen MR) is 123 cm³/mol. The van der Waals surface area contributed by atoms with E-state index in [0.717, 1.165) is 44.0 Å². The molecule has 7 nitrogen and oxygen atoms in total. The molecule has 2 aromatic carbocycles. The molecule has 2 aliphatic heterocycles. The van der Waals surface area contributed by atoms with Gasteiger partial charge in [-0.15, -0.1) is 24.8 Å². The topological polar surface area (TPSA) is 116 Å². The minimum atomic E-state index is -0.000799. The number of fused-ring (bicyclic) bond motifs is 1. The molecule has 0 aromatic heterocycles. The summed E-state index contributed by atoms with van der Waals surface area (Å²) < 4.78 is 0. The number of Topliss-reactive ketones (excluding diaryl/α,β-unsaturated/α-hetero) is 1. The number of piperazine rings is 1. The van der Waals surface area contributed by atoms with Crippen molar-refractivity contribution in [1.82, 2.24) is 9.80 Å². The number of nitrogens with one attached hydrogen (secondary N) is 1. The first-order valence-electron chi connectivity index (χ1n) is 9.12. The van der Waals surface area contributed by atoms with Gasteiger partial charge in [0.2, 0.25) is 5.91 Å². The third-order valence-electron chi connectivity index (χ3n) is 5.13. The average molecular weight is 458 g/mol. The molecule has 0 radical (unpaired) electrons. The number of hydrogen-bond acceptors (Lipinski definition) is 4. The Morgan fingerprint density at radius 3 is 2.20 bits per heavy atom. The lowest BCUT2D eigenvalue weighted by atomic mass is 10.0. The second-order valence-electron chi connectivity index (χ2n) is 7.06. The molecule has 1 fully saturated rings. The third kappa shape index (κ3) is 6.77. The minimum Gasteiger partial charge on any atom is -0.412 e. The molecule has 0 spiro atoms. The lowest BCUT2D eigenvalue weighted by molar-refractivity contribution is -0.115. The number of halogens is 2. The highest BCUT2D eigenvalue weighted by molar-refractivity contribution is 6.02. The number of ketones is 1. The minimum absolute atomic E-state index is 0. The molecular weight excluding hydrogens is 429 g/mol. The predicted octanol–water partition coefficient (Wildman–Crippen LogP) is 1.38. The number of benzene rings is 2. The van der Waals surface area contributed by atoms with Crippen molar-refractivity contribution >= 4 is 42.2 Å². The van der Waals surface area contributed by atoms with Gasteiger partial charge >= 0.3 is 0 Å². The van der Waals surface area contributed by atoms with Gasteiger partial charge < -0.3 is 16.3 Å². The maximum Gasteiger partial charge on any atom is 0.228 e. The molecule has 1 amide bonds. The van der Waals surface area contributed by atoms with E-state index in [1.165, 1.54) is 5.56 Å². The van der Waals surface area contributed by atoms with Gasteiger partial charge in [0.15, 0.2) is 5.78 Å². The molecule has 0 saturated carbocycles. The molecule has 9 heteroatoms. The van der Waals surface area contributed by atoms with Crippen molar-refractivity contribution in [3.63, 3.8) is 0 Å². The van der Waals surface area contributed by atoms with Crippen molar-refractivity contribution < 1.29 is 20.5 Å². The molecule has 30 heavy (non-hydrogen) atoms. The summed E-state index contributed by atoms with van der Waals surface area (Å²) in [6.07, 6.45) is 0.370. The highest BCUT2D eigenvalue weighted by Gasteiger charge is 2.22. The molecular formula is C21H29Cl2N3O4. The van der Waals surface area contributed by atoms with Crippen LogP contribution in [-0.2, 0) is 17.8 Å². The summed E-state index contributed by atoms with van der Waals surface area (Å²) >= 11 is 0. The van der Waals surface area contributed by atoms with Crippen LogP contribution in [0.3, 0.4) is 0 Å². The summed E-state index contributed by atoms with van der Waals surface area (Å²) in [6, 6.07) is 16.0. The smallest absolute Gasteiger partial charge is 0.228 e. The summed E-state index contributed by atoms with van der Waals surface area (Å²) in [7, 11) is 0. The summed E-state index contributed by atoms with van der Waals surface area (Å²) in [4.78, 5) is 28.7. The standard InChI is InChI=1S/C21H23N3O2.2ClH.2H2O/c25-20(17-6-7-19-18(12-17)13-21(26)22-19)15-24-10-8-23(9-11-24)14-16-4-2-1-3-5-16;;;;/h1-7,12H,8-11,13-15H2,(H,22,26);2*1H;2*1H2. The van der Waals surface area contributed by atoms with Crippen LogP contribution >= 0.6 is 24.8 Å². The van der Waals surface area contributed by atoms with E-state index in [-0.39, 0.29) is 47.5 Å². The van der Waals surface area contributed by atoms with Gasteiger partial charge in [0.1, 0.15) is 0 Å². The Labute approximate surface area is 188 Å². The molecule has 0 atom stereocenters. The number of carbonyl (C=O) groups excluding carboxylic acids is 2. The Morgan fingerprint density at radius 2 is 1.53 bits per heavy atom. The van der Waals surface area contributed by atoms with Crippen molar-refractivity contribution in [2.75, 3.05) is 38.0 Å². The van der Waals surface area contributed by atoms with Crippen LogP contribution < -0.4 is 5.32 Å². The second-order valence-corrected chi connectivity index (χ2v) is 7.06. The fourth-order valence-corrected chi connectivity index (χ4v) is 3.64. The summed E-state index contributed by atoms with van der Waals surface area (Å²) in [5, 5.41) is 2.80. The van der Waals surface area contributed by atoms with Crippen molar-refractivity contribution in [2.24, 2.45) is 0 Å². The maximum absolute atomic E-state index is 12.6. The monoisotopic (exact) mass is 457 g/mol. The van der Waals surface area contributed by atoms with E-state index in [2.05, 4.69) is 39.4 Å². The fourth-order valence-electron chi connectivity index (χ4n) is 3.64. The Kier molecular flexibility index (Phi) is 11.8. The normalized spacial score (nSPS) is 15.4. The highest BCUT2D eigenvalue weighted by atomic mass is 35.5. The zero-order valence-electron chi connectivity index (χ0n) is 16.6. The van der Waals surface area contributed by atoms with E-state index >= 15 is 0 Å². The first-order chi connectivity index (χ1) is 12.7.